The molecule has 0 saturated carbocycles. The molecule has 0 aliphatic rings. The van der Waals surface area contributed by atoms with Gasteiger partial charge in [-0.2, -0.15) is 12.6 Å². The summed E-state index contributed by atoms with van der Waals surface area (Å²) in [5.41, 5.74) is 0.569. The number of esters is 1. The highest BCUT2D eigenvalue weighted by atomic mass is 32.1. The van der Waals surface area contributed by atoms with Crippen LogP contribution in [0.15, 0.2) is 24.3 Å². The van der Waals surface area contributed by atoms with Gasteiger partial charge in [0.25, 0.3) is 0 Å². The second-order valence-electron chi connectivity index (χ2n) is 4.72. The Labute approximate surface area is 141 Å². The third-order valence-corrected chi connectivity index (χ3v) is 3.37. The van der Waals surface area contributed by atoms with Gasteiger partial charge in [-0.3, -0.25) is 4.79 Å². The number of ether oxygens (including phenoxy) is 3. The fourth-order valence-electron chi connectivity index (χ4n) is 2.09. The second-order valence-corrected chi connectivity index (χ2v) is 5.03. The topological polar surface area (TPSA) is 85.2 Å². The molecule has 0 bridgehead atoms. The van der Waals surface area contributed by atoms with E-state index in [1.54, 1.807) is 24.3 Å². The van der Waals surface area contributed by atoms with E-state index in [0.29, 0.717) is 24.3 Å². The van der Waals surface area contributed by atoms with Crippen LogP contribution in [0, 0.1) is 0 Å². The van der Waals surface area contributed by atoms with E-state index in [4.69, 9.17) is 19.3 Å². The predicted octanol–water partition coefficient (Wildman–Crippen LogP) is 1.36. The summed E-state index contributed by atoms with van der Waals surface area (Å²) >= 11 is 3.83. The van der Waals surface area contributed by atoms with Gasteiger partial charge in [0.1, 0.15) is 18.5 Å². The summed E-state index contributed by atoms with van der Waals surface area (Å²) in [4.78, 5) is 11.1. The molecule has 0 aliphatic heterocycles. The average Bonchev–Trinajstić information content (AvgIpc) is 2.58. The molecule has 0 saturated heterocycles. The van der Waals surface area contributed by atoms with Crippen molar-refractivity contribution in [3.63, 3.8) is 0 Å². The van der Waals surface area contributed by atoms with Crippen molar-refractivity contribution in [1.29, 1.82) is 0 Å². The second kappa shape index (κ2) is 11.3. The van der Waals surface area contributed by atoms with E-state index in [1.807, 2.05) is 6.92 Å². The van der Waals surface area contributed by atoms with Crippen LogP contribution < -0.4 is 4.74 Å². The van der Waals surface area contributed by atoms with Crippen molar-refractivity contribution in [2.45, 2.75) is 25.6 Å². The number of aliphatic hydroxyl groups is 2. The molecule has 0 amide bonds. The average molecular weight is 344 g/mol. The largest absolute Gasteiger partial charge is 0.491 e. The molecule has 0 aromatic heterocycles. The normalized spacial score (nSPS) is 13.4. The predicted molar refractivity (Wildman–Crippen MR) is 88.8 cm³/mol. The SMILES string of the molecule is CCO[C@H](CCOC(=O)CS)[C@H](O)c1ccccc1OCCO. The number of aliphatic hydroxyl groups excluding tert-OH is 2. The molecular formula is C16H24O6S. The Bertz CT molecular complexity index is 468. The highest BCUT2D eigenvalue weighted by molar-refractivity contribution is 7.81. The summed E-state index contributed by atoms with van der Waals surface area (Å²) in [7, 11) is 0. The number of carbonyl (C=O) groups excluding carboxylic acids is 1. The lowest BCUT2D eigenvalue weighted by molar-refractivity contribution is -0.142. The van der Waals surface area contributed by atoms with E-state index in [1.165, 1.54) is 0 Å². The van der Waals surface area contributed by atoms with Crippen molar-refractivity contribution in [3.05, 3.63) is 29.8 Å². The summed E-state index contributed by atoms with van der Waals surface area (Å²) in [6, 6.07) is 7.03. The van der Waals surface area contributed by atoms with E-state index in [9.17, 15) is 9.90 Å². The van der Waals surface area contributed by atoms with Gasteiger partial charge >= 0.3 is 5.97 Å². The highest BCUT2D eigenvalue weighted by Crippen LogP contribution is 2.29. The molecule has 0 radical (unpaired) electrons. The summed E-state index contributed by atoms with van der Waals surface area (Å²) in [5, 5.41) is 19.5. The molecule has 1 aromatic rings. The van der Waals surface area contributed by atoms with Crippen molar-refractivity contribution in [1.82, 2.24) is 0 Å². The lowest BCUT2D eigenvalue weighted by Gasteiger charge is -2.24. The highest BCUT2D eigenvalue weighted by Gasteiger charge is 2.24. The van der Waals surface area contributed by atoms with Gasteiger partial charge in [0, 0.05) is 18.6 Å². The van der Waals surface area contributed by atoms with E-state index in [2.05, 4.69) is 12.6 Å². The molecule has 2 atom stereocenters. The first-order valence-corrected chi connectivity index (χ1v) is 8.16. The summed E-state index contributed by atoms with van der Waals surface area (Å²) in [6.07, 6.45) is -1.12. The number of thiol groups is 1. The van der Waals surface area contributed by atoms with Gasteiger partial charge in [0.15, 0.2) is 0 Å². The molecular weight excluding hydrogens is 320 g/mol. The minimum absolute atomic E-state index is 0.0136. The fraction of sp³-hybridized carbons (Fsp3) is 0.562. The third-order valence-electron chi connectivity index (χ3n) is 3.11. The van der Waals surface area contributed by atoms with E-state index in [0.717, 1.165) is 0 Å². The Kier molecular flexibility index (Phi) is 9.70. The maximum Gasteiger partial charge on any atom is 0.315 e. The van der Waals surface area contributed by atoms with Crippen LogP contribution in [-0.2, 0) is 14.3 Å². The monoisotopic (exact) mass is 344 g/mol. The molecule has 6 nitrogen and oxygen atoms in total. The van der Waals surface area contributed by atoms with Crippen molar-refractivity contribution in [2.75, 3.05) is 32.2 Å². The smallest absolute Gasteiger partial charge is 0.315 e. The van der Waals surface area contributed by atoms with E-state index in [-0.39, 0.29) is 25.6 Å². The van der Waals surface area contributed by atoms with Crippen LogP contribution in [0.4, 0.5) is 0 Å². The number of para-hydroxylation sites is 1. The first-order valence-electron chi connectivity index (χ1n) is 7.52. The minimum Gasteiger partial charge on any atom is -0.491 e. The zero-order valence-corrected chi connectivity index (χ0v) is 14.1. The molecule has 0 aliphatic carbocycles. The number of hydrogen-bond donors (Lipinski definition) is 3. The Balaban J connectivity index is 2.76. The molecule has 1 aromatic carbocycles. The van der Waals surface area contributed by atoms with Gasteiger partial charge < -0.3 is 24.4 Å². The number of carbonyl (C=O) groups is 1. The number of rotatable bonds is 11. The number of benzene rings is 1. The molecule has 2 N–H and O–H groups in total. The Morgan fingerprint density at radius 1 is 1.30 bits per heavy atom. The quantitative estimate of drug-likeness (QED) is 0.415. The Hall–Kier alpha value is -1.28. The molecule has 130 valence electrons. The van der Waals surface area contributed by atoms with Crippen molar-refractivity contribution < 1.29 is 29.2 Å². The van der Waals surface area contributed by atoms with Gasteiger partial charge in [-0.25, -0.2) is 0 Å². The molecule has 1 rings (SSSR count). The first kappa shape index (κ1) is 19.8. The lowest BCUT2D eigenvalue weighted by Crippen LogP contribution is -2.25. The van der Waals surface area contributed by atoms with Crippen LogP contribution in [0.5, 0.6) is 5.75 Å². The maximum atomic E-state index is 11.1. The molecule has 0 fully saturated rings. The van der Waals surface area contributed by atoms with Crippen molar-refractivity contribution in [2.24, 2.45) is 0 Å². The molecule has 0 unspecified atom stereocenters. The van der Waals surface area contributed by atoms with Crippen LogP contribution in [0.2, 0.25) is 0 Å². The van der Waals surface area contributed by atoms with Gasteiger partial charge in [0.2, 0.25) is 0 Å². The fourth-order valence-corrected chi connectivity index (χ4v) is 2.18. The van der Waals surface area contributed by atoms with Crippen LogP contribution >= 0.6 is 12.6 Å². The number of hydrogen-bond acceptors (Lipinski definition) is 7. The third kappa shape index (κ3) is 6.78. The van der Waals surface area contributed by atoms with Gasteiger partial charge in [-0.15, -0.1) is 0 Å². The zero-order valence-electron chi connectivity index (χ0n) is 13.2. The van der Waals surface area contributed by atoms with Gasteiger partial charge in [0.05, 0.1) is 25.1 Å². The van der Waals surface area contributed by atoms with Crippen molar-refractivity contribution in [3.8, 4) is 5.75 Å². The minimum atomic E-state index is -0.931. The molecule has 0 spiro atoms. The van der Waals surface area contributed by atoms with Gasteiger partial charge in [-0.1, -0.05) is 18.2 Å². The molecule has 23 heavy (non-hydrogen) atoms. The summed E-state index contributed by atoms with van der Waals surface area (Å²) in [6.45, 7) is 2.41. The van der Waals surface area contributed by atoms with Crippen LogP contribution in [0.25, 0.3) is 0 Å². The van der Waals surface area contributed by atoms with Crippen LogP contribution in [0.1, 0.15) is 25.0 Å². The lowest BCUT2D eigenvalue weighted by atomic mass is 10.0. The van der Waals surface area contributed by atoms with Crippen LogP contribution in [0.3, 0.4) is 0 Å². The Morgan fingerprint density at radius 2 is 2.04 bits per heavy atom. The Morgan fingerprint density at radius 3 is 2.70 bits per heavy atom. The van der Waals surface area contributed by atoms with Crippen LogP contribution in [-0.4, -0.2) is 54.5 Å². The molecule has 7 heteroatoms. The van der Waals surface area contributed by atoms with Crippen molar-refractivity contribution >= 4 is 18.6 Å². The summed E-state index contributed by atoms with van der Waals surface area (Å²) < 4.78 is 16.0. The first-order chi connectivity index (χ1) is 11.1. The van der Waals surface area contributed by atoms with Gasteiger partial charge in [-0.05, 0) is 13.0 Å². The molecule has 0 heterocycles. The zero-order chi connectivity index (χ0) is 17.1. The van der Waals surface area contributed by atoms with E-state index >= 15 is 0 Å². The standard InChI is InChI=1S/C16H24O6S/c1-2-20-14(7-9-22-15(18)11-23)16(19)12-5-3-4-6-13(12)21-10-8-17/h3-6,14,16-17,19,23H,2,7-11H2,1H3/t14-,16-/m1/s1. The van der Waals surface area contributed by atoms with E-state index < -0.39 is 18.2 Å². The maximum absolute atomic E-state index is 11.1. The summed E-state index contributed by atoms with van der Waals surface area (Å²) in [5.74, 6) is 0.0931.